The van der Waals surface area contributed by atoms with Crippen LogP contribution in [0.3, 0.4) is 0 Å². The standard InChI is InChI=1S/C21H17N3O3S/c1-14(25)16-5-4-6-18(13-16)23-21(28)22-17-11-9-15(10-12-17)19-7-2-3-8-20(19)24(26)27/h2-13H,1H3,(H2,22,23,28). The van der Waals surface area contributed by atoms with E-state index in [9.17, 15) is 14.9 Å². The van der Waals surface area contributed by atoms with Crippen LogP contribution in [-0.2, 0) is 0 Å². The largest absolute Gasteiger partial charge is 0.332 e. The van der Waals surface area contributed by atoms with Gasteiger partial charge in [0.1, 0.15) is 0 Å². The van der Waals surface area contributed by atoms with Gasteiger partial charge in [0.05, 0.1) is 10.5 Å². The molecule has 6 nitrogen and oxygen atoms in total. The summed E-state index contributed by atoms with van der Waals surface area (Å²) in [5.41, 5.74) is 3.41. The number of carbonyl (C=O) groups is 1. The molecule has 0 atom stereocenters. The van der Waals surface area contributed by atoms with Crippen molar-refractivity contribution >= 4 is 40.2 Å². The zero-order valence-electron chi connectivity index (χ0n) is 15.0. The van der Waals surface area contributed by atoms with Crippen molar-refractivity contribution in [1.82, 2.24) is 0 Å². The van der Waals surface area contributed by atoms with Crippen molar-refractivity contribution in [3.63, 3.8) is 0 Å². The minimum Gasteiger partial charge on any atom is -0.332 e. The van der Waals surface area contributed by atoms with Gasteiger partial charge in [-0.2, -0.15) is 0 Å². The van der Waals surface area contributed by atoms with E-state index in [2.05, 4.69) is 10.6 Å². The second-order valence-corrected chi connectivity index (χ2v) is 6.48. The maximum absolute atomic E-state index is 11.5. The number of nitrogens with zero attached hydrogens (tertiary/aromatic N) is 1. The summed E-state index contributed by atoms with van der Waals surface area (Å²) in [6.07, 6.45) is 0. The summed E-state index contributed by atoms with van der Waals surface area (Å²) in [6, 6.07) is 20.9. The topological polar surface area (TPSA) is 84.3 Å². The van der Waals surface area contributed by atoms with Crippen LogP contribution < -0.4 is 10.6 Å². The third kappa shape index (κ3) is 4.57. The van der Waals surface area contributed by atoms with Gasteiger partial charge in [-0.05, 0) is 55.0 Å². The zero-order valence-corrected chi connectivity index (χ0v) is 15.8. The van der Waals surface area contributed by atoms with Crippen LogP contribution in [0.5, 0.6) is 0 Å². The van der Waals surface area contributed by atoms with Crippen molar-refractivity contribution in [2.75, 3.05) is 10.6 Å². The molecule has 3 aromatic carbocycles. The minimum atomic E-state index is -0.393. The molecule has 140 valence electrons. The number of hydrogen-bond donors (Lipinski definition) is 2. The molecule has 0 aliphatic carbocycles. The number of benzene rings is 3. The molecule has 3 rings (SSSR count). The van der Waals surface area contributed by atoms with E-state index in [0.717, 1.165) is 11.3 Å². The first-order valence-electron chi connectivity index (χ1n) is 8.47. The molecular weight excluding hydrogens is 374 g/mol. The van der Waals surface area contributed by atoms with E-state index in [0.29, 0.717) is 21.9 Å². The summed E-state index contributed by atoms with van der Waals surface area (Å²) in [5.74, 6) is -0.0203. The third-order valence-corrected chi connectivity index (χ3v) is 4.29. The lowest BCUT2D eigenvalue weighted by atomic mass is 10.0. The van der Waals surface area contributed by atoms with Crippen LogP contribution in [0.1, 0.15) is 17.3 Å². The lowest BCUT2D eigenvalue weighted by Crippen LogP contribution is -2.19. The van der Waals surface area contributed by atoms with Gasteiger partial charge in [0, 0.05) is 23.0 Å². The van der Waals surface area contributed by atoms with Crippen molar-refractivity contribution in [2.24, 2.45) is 0 Å². The number of nitrogens with one attached hydrogen (secondary N) is 2. The lowest BCUT2D eigenvalue weighted by Gasteiger charge is -2.12. The predicted octanol–water partition coefficient (Wildman–Crippen LogP) is 5.27. The zero-order chi connectivity index (χ0) is 20.1. The Morgan fingerprint density at radius 3 is 2.29 bits per heavy atom. The molecule has 2 N–H and O–H groups in total. The SMILES string of the molecule is CC(=O)c1cccc(NC(=S)Nc2ccc(-c3ccccc3[N+](=O)[O-])cc2)c1. The van der Waals surface area contributed by atoms with Gasteiger partial charge in [-0.15, -0.1) is 0 Å². The van der Waals surface area contributed by atoms with Crippen molar-refractivity contribution < 1.29 is 9.72 Å². The van der Waals surface area contributed by atoms with Gasteiger partial charge in [-0.1, -0.05) is 36.4 Å². The molecule has 0 aliphatic rings. The molecular formula is C21H17N3O3S. The quantitative estimate of drug-likeness (QED) is 0.267. The lowest BCUT2D eigenvalue weighted by molar-refractivity contribution is -0.384. The van der Waals surface area contributed by atoms with E-state index in [1.807, 2.05) is 6.07 Å². The van der Waals surface area contributed by atoms with Crippen molar-refractivity contribution in [3.05, 3.63) is 88.5 Å². The number of hydrogen-bond acceptors (Lipinski definition) is 4. The molecule has 0 aromatic heterocycles. The average Bonchev–Trinajstić information content (AvgIpc) is 2.68. The molecule has 0 heterocycles. The van der Waals surface area contributed by atoms with E-state index in [1.165, 1.54) is 13.0 Å². The van der Waals surface area contributed by atoms with Crippen LogP contribution in [0.2, 0.25) is 0 Å². The molecule has 0 fully saturated rings. The molecule has 28 heavy (non-hydrogen) atoms. The molecule has 0 aliphatic heterocycles. The highest BCUT2D eigenvalue weighted by Crippen LogP contribution is 2.30. The normalized spacial score (nSPS) is 10.2. The van der Waals surface area contributed by atoms with Crippen molar-refractivity contribution in [2.45, 2.75) is 6.92 Å². The molecule has 0 saturated heterocycles. The second-order valence-electron chi connectivity index (χ2n) is 6.07. The fourth-order valence-electron chi connectivity index (χ4n) is 2.72. The van der Waals surface area contributed by atoms with Crippen LogP contribution in [0.15, 0.2) is 72.8 Å². The van der Waals surface area contributed by atoms with Gasteiger partial charge < -0.3 is 10.6 Å². The first kappa shape index (κ1) is 19.2. The summed E-state index contributed by atoms with van der Waals surface area (Å²) in [7, 11) is 0. The first-order valence-corrected chi connectivity index (χ1v) is 8.88. The summed E-state index contributed by atoms with van der Waals surface area (Å²) < 4.78 is 0. The Labute approximate surface area is 167 Å². The Hall–Kier alpha value is -3.58. The third-order valence-electron chi connectivity index (χ3n) is 4.08. The Balaban J connectivity index is 1.71. The molecule has 0 radical (unpaired) electrons. The van der Waals surface area contributed by atoms with Gasteiger partial charge >= 0.3 is 0 Å². The van der Waals surface area contributed by atoms with E-state index >= 15 is 0 Å². The number of rotatable bonds is 5. The van der Waals surface area contributed by atoms with Crippen molar-refractivity contribution in [1.29, 1.82) is 0 Å². The Morgan fingerprint density at radius 2 is 1.61 bits per heavy atom. The number of anilines is 2. The fraction of sp³-hybridized carbons (Fsp3) is 0.0476. The highest BCUT2D eigenvalue weighted by molar-refractivity contribution is 7.80. The summed E-state index contributed by atoms with van der Waals surface area (Å²) in [4.78, 5) is 22.3. The monoisotopic (exact) mass is 391 g/mol. The van der Waals surface area contributed by atoms with Crippen LogP contribution in [0.25, 0.3) is 11.1 Å². The van der Waals surface area contributed by atoms with Crippen LogP contribution in [0.4, 0.5) is 17.1 Å². The number of thiocarbonyl (C=S) groups is 1. The highest BCUT2D eigenvalue weighted by atomic mass is 32.1. The number of para-hydroxylation sites is 1. The average molecular weight is 391 g/mol. The Kier molecular flexibility index (Phi) is 5.76. The molecule has 0 amide bonds. The maximum Gasteiger partial charge on any atom is 0.277 e. The molecule has 0 saturated carbocycles. The van der Waals surface area contributed by atoms with E-state index in [-0.39, 0.29) is 11.5 Å². The Morgan fingerprint density at radius 1 is 0.929 bits per heavy atom. The van der Waals surface area contributed by atoms with E-state index in [1.54, 1.807) is 60.7 Å². The molecule has 7 heteroatoms. The van der Waals surface area contributed by atoms with Gasteiger partial charge in [-0.25, -0.2) is 0 Å². The van der Waals surface area contributed by atoms with Crippen LogP contribution in [0, 0.1) is 10.1 Å². The summed E-state index contributed by atoms with van der Waals surface area (Å²) in [6.45, 7) is 1.51. The fourth-order valence-corrected chi connectivity index (χ4v) is 2.96. The van der Waals surface area contributed by atoms with Gasteiger partial charge in [0.2, 0.25) is 0 Å². The van der Waals surface area contributed by atoms with E-state index < -0.39 is 4.92 Å². The number of nitro groups is 1. The number of ketones is 1. The molecule has 0 unspecified atom stereocenters. The number of Topliss-reactive ketones (excluding diaryl/α,β-unsaturated/α-hetero) is 1. The van der Waals surface area contributed by atoms with Crippen molar-refractivity contribution in [3.8, 4) is 11.1 Å². The smallest absolute Gasteiger partial charge is 0.277 e. The van der Waals surface area contributed by atoms with E-state index in [4.69, 9.17) is 12.2 Å². The Bertz CT molecular complexity index is 1050. The maximum atomic E-state index is 11.5. The summed E-state index contributed by atoms with van der Waals surface area (Å²) in [5, 5.41) is 17.7. The highest BCUT2D eigenvalue weighted by Gasteiger charge is 2.13. The van der Waals surface area contributed by atoms with Crippen LogP contribution in [-0.4, -0.2) is 15.8 Å². The number of carbonyl (C=O) groups excluding carboxylic acids is 1. The number of nitro benzene ring substituents is 1. The molecule has 0 bridgehead atoms. The van der Waals surface area contributed by atoms with Gasteiger partial charge in [0.15, 0.2) is 10.9 Å². The minimum absolute atomic E-state index is 0.0203. The predicted molar refractivity (Wildman–Crippen MR) is 115 cm³/mol. The van der Waals surface area contributed by atoms with Gasteiger partial charge in [0.25, 0.3) is 5.69 Å². The second kappa shape index (κ2) is 8.41. The molecule has 0 spiro atoms. The van der Waals surface area contributed by atoms with Gasteiger partial charge in [-0.3, -0.25) is 14.9 Å². The first-order chi connectivity index (χ1) is 13.4. The molecule has 3 aromatic rings. The summed E-state index contributed by atoms with van der Waals surface area (Å²) >= 11 is 5.31. The van der Waals surface area contributed by atoms with Crippen LogP contribution >= 0.6 is 12.2 Å².